The average Bonchev–Trinajstić information content (AvgIpc) is 2.98. The molecule has 3 rings (SSSR count). The number of anilines is 1. The molecule has 2 heterocycles. The van der Waals surface area contributed by atoms with Gasteiger partial charge in [0.25, 0.3) is 0 Å². The smallest absolute Gasteiger partial charge is 0.372 e. The summed E-state index contributed by atoms with van der Waals surface area (Å²) in [5, 5.41) is 9.10. The number of carbonyl (C=O) groups is 2. The second-order valence-electron chi connectivity index (χ2n) is 5.61. The van der Waals surface area contributed by atoms with E-state index < -0.39 is 11.4 Å². The molecule has 1 N–H and O–H groups in total. The molecule has 0 spiro atoms. The van der Waals surface area contributed by atoms with Gasteiger partial charge in [-0.25, -0.2) is 4.79 Å². The van der Waals surface area contributed by atoms with Crippen LogP contribution in [0.15, 0.2) is 41.0 Å². The molecule has 1 aliphatic heterocycles. The van der Waals surface area contributed by atoms with E-state index in [9.17, 15) is 9.59 Å². The van der Waals surface area contributed by atoms with E-state index in [4.69, 9.17) is 9.52 Å². The van der Waals surface area contributed by atoms with E-state index >= 15 is 0 Å². The molecule has 0 saturated heterocycles. The van der Waals surface area contributed by atoms with Crippen LogP contribution >= 0.6 is 0 Å². The van der Waals surface area contributed by atoms with Crippen molar-refractivity contribution >= 4 is 17.6 Å². The molecule has 1 aromatic heterocycles. The maximum Gasteiger partial charge on any atom is 0.372 e. The van der Waals surface area contributed by atoms with Crippen molar-refractivity contribution in [3.63, 3.8) is 0 Å². The monoisotopic (exact) mass is 285 g/mol. The Labute approximate surface area is 121 Å². The van der Waals surface area contributed by atoms with E-state index in [-0.39, 0.29) is 18.2 Å². The number of para-hydroxylation sites is 1. The van der Waals surface area contributed by atoms with Crippen LogP contribution in [0.3, 0.4) is 0 Å². The van der Waals surface area contributed by atoms with Crippen molar-refractivity contribution < 1.29 is 19.1 Å². The fourth-order valence-electron chi connectivity index (χ4n) is 2.77. The molecule has 5 nitrogen and oxygen atoms in total. The summed E-state index contributed by atoms with van der Waals surface area (Å²) in [6.07, 6.45) is 1.33. The lowest BCUT2D eigenvalue weighted by Crippen LogP contribution is -2.35. The highest BCUT2D eigenvalue weighted by Gasteiger charge is 2.43. The largest absolute Gasteiger partial charge is 0.475 e. The quantitative estimate of drug-likeness (QED) is 0.941. The van der Waals surface area contributed by atoms with Gasteiger partial charge in [0.2, 0.25) is 11.7 Å². The second-order valence-corrected chi connectivity index (χ2v) is 5.61. The van der Waals surface area contributed by atoms with Crippen LogP contribution in [0, 0.1) is 0 Å². The van der Waals surface area contributed by atoms with Gasteiger partial charge in [0, 0.05) is 11.3 Å². The van der Waals surface area contributed by atoms with E-state index in [1.165, 1.54) is 6.26 Å². The standard InChI is InChI=1S/C16H15NO4/c1-16(2)11-5-3-4-6-12(11)17(15(16)20)9-10-7-8-21-13(10)14(18)19/h3-8H,9H2,1-2H3,(H,18,19). The van der Waals surface area contributed by atoms with Gasteiger partial charge in [0.15, 0.2) is 0 Å². The van der Waals surface area contributed by atoms with Gasteiger partial charge >= 0.3 is 5.97 Å². The van der Waals surface area contributed by atoms with E-state index in [1.807, 2.05) is 38.1 Å². The molecule has 2 aromatic rings. The topological polar surface area (TPSA) is 70.8 Å². The summed E-state index contributed by atoms with van der Waals surface area (Å²) in [6, 6.07) is 9.17. The minimum Gasteiger partial charge on any atom is -0.475 e. The van der Waals surface area contributed by atoms with Crippen molar-refractivity contribution in [3.05, 3.63) is 53.5 Å². The first-order valence-electron chi connectivity index (χ1n) is 6.64. The minimum atomic E-state index is -1.13. The lowest BCUT2D eigenvalue weighted by molar-refractivity contribution is -0.122. The van der Waals surface area contributed by atoms with Crippen LogP contribution in [-0.4, -0.2) is 17.0 Å². The SMILES string of the molecule is CC1(C)C(=O)N(Cc2ccoc2C(=O)O)c2ccccc21. The first-order valence-corrected chi connectivity index (χ1v) is 6.64. The van der Waals surface area contributed by atoms with Crippen molar-refractivity contribution in [2.24, 2.45) is 0 Å². The first-order chi connectivity index (χ1) is 9.93. The van der Waals surface area contributed by atoms with Crippen LogP contribution in [0.5, 0.6) is 0 Å². The van der Waals surface area contributed by atoms with Crippen LogP contribution < -0.4 is 4.90 Å². The van der Waals surface area contributed by atoms with Crippen LogP contribution in [0.1, 0.15) is 35.5 Å². The third kappa shape index (κ3) is 1.93. The Morgan fingerprint density at radius 3 is 2.71 bits per heavy atom. The van der Waals surface area contributed by atoms with Crippen molar-refractivity contribution in [2.75, 3.05) is 4.90 Å². The fraction of sp³-hybridized carbons (Fsp3) is 0.250. The lowest BCUT2D eigenvalue weighted by Gasteiger charge is -2.20. The molecular formula is C16H15NO4. The number of carboxylic acid groups (broad SMARTS) is 1. The predicted octanol–water partition coefficient (Wildman–Crippen LogP) is 2.80. The van der Waals surface area contributed by atoms with Crippen molar-refractivity contribution in [1.29, 1.82) is 0 Å². The Hall–Kier alpha value is -2.56. The number of rotatable bonds is 3. The summed E-state index contributed by atoms with van der Waals surface area (Å²) in [5.74, 6) is -1.29. The van der Waals surface area contributed by atoms with Crippen molar-refractivity contribution in [3.8, 4) is 0 Å². The van der Waals surface area contributed by atoms with E-state index in [0.717, 1.165) is 11.3 Å². The molecule has 5 heteroatoms. The van der Waals surface area contributed by atoms with Crippen LogP contribution in [0.4, 0.5) is 5.69 Å². The van der Waals surface area contributed by atoms with Crippen LogP contribution in [-0.2, 0) is 16.8 Å². The molecule has 0 aliphatic carbocycles. The van der Waals surface area contributed by atoms with Gasteiger partial charge in [-0.3, -0.25) is 4.79 Å². The van der Waals surface area contributed by atoms with Crippen LogP contribution in [0.2, 0.25) is 0 Å². The zero-order chi connectivity index (χ0) is 15.2. The zero-order valence-corrected chi connectivity index (χ0v) is 11.8. The molecule has 0 bridgehead atoms. The van der Waals surface area contributed by atoms with Gasteiger partial charge in [-0.1, -0.05) is 18.2 Å². The fourth-order valence-corrected chi connectivity index (χ4v) is 2.77. The summed E-state index contributed by atoms with van der Waals surface area (Å²) in [5.41, 5.74) is 1.66. The number of amides is 1. The Morgan fingerprint density at radius 1 is 1.29 bits per heavy atom. The van der Waals surface area contributed by atoms with Gasteiger partial charge in [-0.15, -0.1) is 0 Å². The average molecular weight is 285 g/mol. The van der Waals surface area contributed by atoms with E-state index in [2.05, 4.69) is 0 Å². The molecule has 1 amide bonds. The minimum absolute atomic E-state index is 0.0405. The number of nitrogens with zero attached hydrogens (tertiary/aromatic N) is 1. The molecule has 1 aromatic carbocycles. The van der Waals surface area contributed by atoms with Gasteiger partial charge in [0.1, 0.15) is 0 Å². The normalized spacial score (nSPS) is 16.1. The number of hydrogen-bond donors (Lipinski definition) is 1. The van der Waals surface area contributed by atoms with E-state index in [0.29, 0.717) is 5.56 Å². The molecule has 108 valence electrons. The number of hydrogen-bond acceptors (Lipinski definition) is 3. The third-order valence-electron chi connectivity index (χ3n) is 3.92. The number of carbonyl (C=O) groups excluding carboxylic acids is 1. The number of furan rings is 1. The molecule has 0 radical (unpaired) electrons. The number of aromatic carboxylic acids is 1. The Kier molecular flexibility index (Phi) is 2.86. The van der Waals surface area contributed by atoms with E-state index in [1.54, 1.807) is 11.0 Å². The number of carboxylic acids is 1. The molecule has 0 saturated carbocycles. The summed E-state index contributed by atoms with van der Waals surface area (Å²) in [7, 11) is 0. The maximum absolute atomic E-state index is 12.6. The summed E-state index contributed by atoms with van der Waals surface area (Å²) in [6.45, 7) is 3.95. The Morgan fingerprint density at radius 2 is 2.00 bits per heavy atom. The summed E-state index contributed by atoms with van der Waals surface area (Å²) >= 11 is 0. The molecular weight excluding hydrogens is 270 g/mol. The highest BCUT2D eigenvalue weighted by Crippen LogP contribution is 2.42. The maximum atomic E-state index is 12.6. The third-order valence-corrected chi connectivity index (χ3v) is 3.92. The molecule has 0 unspecified atom stereocenters. The van der Waals surface area contributed by atoms with Crippen molar-refractivity contribution in [1.82, 2.24) is 0 Å². The molecule has 0 atom stereocenters. The predicted molar refractivity (Wildman–Crippen MR) is 76.3 cm³/mol. The number of fused-ring (bicyclic) bond motifs is 1. The molecule has 21 heavy (non-hydrogen) atoms. The van der Waals surface area contributed by atoms with Crippen molar-refractivity contribution in [2.45, 2.75) is 25.8 Å². The van der Waals surface area contributed by atoms with Gasteiger partial charge in [0.05, 0.1) is 18.2 Å². The Bertz CT molecular complexity index is 729. The lowest BCUT2D eigenvalue weighted by atomic mass is 9.86. The molecule has 0 fully saturated rings. The second kappa shape index (κ2) is 4.48. The highest BCUT2D eigenvalue weighted by atomic mass is 16.4. The van der Waals surface area contributed by atoms with Gasteiger partial charge in [-0.2, -0.15) is 0 Å². The molecule has 1 aliphatic rings. The first kappa shape index (κ1) is 13.4. The summed E-state index contributed by atoms with van der Waals surface area (Å²) in [4.78, 5) is 25.4. The summed E-state index contributed by atoms with van der Waals surface area (Å²) < 4.78 is 4.97. The zero-order valence-electron chi connectivity index (χ0n) is 11.8. The van der Waals surface area contributed by atoms with Crippen LogP contribution in [0.25, 0.3) is 0 Å². The number of benzene rings is 1. The van der Waals surface area contributed by atoms with Gasteiger partial charge in [-0.05, 0) is 31.5 Å². The Balaban J connectivity index is 2.02. The highest BCUT2D eigenvalue weighted by molar-refractivity contribution is 6.07. The van der Waals surface area contributed by atoms with Gasteiger partial charge < -0.3 is 14.4 Å².